The van der Waals surface area contributed by atoms with Crippen LogP contribution < -0.4 is 10.6 Å². The van der Waals surface area contributed by atoms with Gasteiger partial charge in [0.15, 0.2) is 0 Å². The van der Waals surface area contributed by atoms with Crippen molar-refractivity contribution in [2.45, 2.75) is 26.9 Å². The van der Waals surface area contributed by atoms with E-state index in [-0.39, 0.29) is 0 Å². The minimum absolute atomic E-state index is 0.570. The highest BCUT2D eigenvalue weighted by atomic mass is 79.9. The van der Waals surface area contributed by atoms with Crippen LogP contribution in [0.4, 0.5) is 5.82 Å². The molecule has 2 N–H and O–H groups in total. The molecule has 0 amide bonds. The number of nitrogens with zero attached hydrogens (tertiary/aromatic N) is 2. The van der Waals surface area contributed by atoms with Gasteiger partial charge in [-0.1, -0.05) is 24.3 Å². The Labute approximate surface area is 129 Å². The Morgan fingerprint density at radius 2 is 1.85 bits per heavy atom. The Bertz CT molecular complexity index is 584. The molecule has 106 valence electrons. The fourth-order valence-electron chi connectivity index (χ4n) is 2.18. The summed E-state index contributed by atoms with van der Waals surface area (Å²) in [5.41, 5.74) is 9.28. The van der Waals surface area contributed by atoms with E-state index in [1.165, 1.54) is 11.1 Å². The van der Waals surface area contributed by atoms with Gasteiger partial charge < -0.3 is 10.6 Å². The molecule has 2 rings (SSSR count). The molecule has 0 radical (unpaired) electrons. The average Bonchev–Trinajstić information content (AvgIpc) is 2.48. The van der Waals surface area contributed by atoms with Gasteiger partial charge in [0.1, 0.15) is 5.82 Å². The third-order valence-corrected chi connectivity index (χ3v) is 4.25. The number of pyridine rings is 1. The zero-order valence-electron chi connectivity index (χ0n) is 11.9. The minimum atomic E-state index is 0.570. The van der Waals surface area contributed by atoms with Crippen molar-refractivity contribution < 1.29 is 0 Å². The van der Waals surface area contributed by atoms with E-state index >= 15 is 0 Å². The maximum atomic E-state index is 5.81. The summed E-state index contributed by atoms with van der Waals surface area (Å²) in [6, 6.07) is 12.4. The lowest BCUT2D eigenvalue weighted by atomic mass is 10.1. The zero-order chi connectivity index (χ0) is 14.5. The number of hydrogen-bond donors (Lipinski definition) is 1. The normalized spacial score (nSPS) is 10.6. The molecule has 1 aromatic carbocycles. The maximum Gasteiger partial charge on any atom is 0.129 e. The lowest BCUT2D eigenvalue weighted by molar-refractivity contribution is 0.800. The van der Waals surface area contributed by atoms with Gasteiger partial charge in [-0.3, -0.25) is 0 Å². The van der Waals surface area contributed by atoms with Gasteiger partial charge in [-0.25, -0.2) is 4.98 Å². The lowest BCUT2D eigenvalue weighted by Crippen LogP contribution is -2.24. The lowest BCUT2D eigenvalue weighted by Gasteiger charge is -2.23. The Kier molecular flexibility index (Phi) is 5.15. The summed E-state index contributed by atoms with van der Waals surface area (Å²) >= 11 is 3.49. The smallest absolute Gasteiger partial charge is 0.129 e. The fourth-order valence-corrected chi connectivity index (χ4v) is 2.40. The van der Waals surface area contributed by atoms with Crippen LogP contribution in [0.25, 0.3) is 0 Å². The molecular formula is C16H20BrN3. The molecule has 0 aliphatic heterocycles. The molecule has 0 bridgehead atoms. The zero-order valence-corrected chi connectivity index (χ0v) is 13.5. The third-order valence-electron chi connectivity index (χ3n) is 3.41. The topological polar surface area (TPSA) is 42.1 Å². The second-order valence-electron chi connectivity index (χ2n) is 4.72. The average molecular weight is 334 g/mol. The van der Waals surface area contributed by atoms with Crippen LogP contribution in [-0.2, 0) is 13.1 Å². The molecular weight excluding hydrogens is 314 g/mol. The Hall–Kier alpha value is -1.39. The fraction of sp³-hybridized carbons (Fsp3) is 0.312. The Morgan fingerprint density at radius 3 is 2.45 bits per heavy atom. The summed E-state index contributed by atoms with van der Waals surface area (Å²) < 4.78 is 1.04. The molecule has 1 heterocycles. The molecule has 0 saturated heterocycles. The molecule has 3 nitrogen and oxygen atoms in total. The first kappa shape index (κ1) is 15.0. The van der Waals surface area contributed by atoms with Crippen molar-refractivity contribution in [2.75, 3.05) is 11.4 Å². The summed E-state index contributed by atoms with van der Waals surface area (Å²) in [6.45, 7) is 6.46. The predicted octanol–water partition coefficient (Wildman–Crippen LogP) is 3.64. The van der Waals surface area contributed by atoms with Crippen LogP contribution >= 0.6 is 15.9 Å². The van der Waals surface area contributed by atoms with Gasteiger partial charge in [0, 0.05) is 24.1 Å². The van der Waals surface area contributed by atoms with E-state index in [1.54, 1.807) is 0 Å². The van der Waals surface area contributed by atoms with Crippen molar-refractivity contribution in [1.82, 2.24) is 4.98 Å². The van der Waals surface area contributed by atoms with Crippen molar-refractivity contribution in [3.05, 3.63) is 57.7 Å². The number of anilines is 1. The molecule has 0 atom stereocenters. The van der Waals surface area contributed by atoms with Gasteiger partial charge in [0.25, 0.3) is 0 Å². The molecule has 4 heteroatoms. The quantitative estimate of drug-likeness (QED) is 0.908. The number of benzene rings is 1. The number of aryl methyl sites for hydroxylation is 1. The van der Waals surface area contributed by atoms with Crippen molar-refractivity contribution in [3.8, 4) is 0 Å². The predicted molar refractivity (Wildman–Crippen MR) is 87.7 cm³/mol. The molecule has 0 aliphatic rings. The Morgan fingerprint density at radius 1 is 1.15 bits per heavy atom. The van der Waals surface area contributed by atoms with Gasteiger partial charge in [0.2, 0.25) is 0 Å². The largest absolute Gasteiger partial charge is 0.353 e. The van der Waals surface area contributed by atoms with E-state index in [0.717, 1.165) is 29.1 Å². The van der Waals surface area contributed by atoms with E-state index in [1.807, 2.05) is 19.1 Å². The van der Waals surface area contributed by atoms with Gasteiger partial charge in [-0.15, -0.1) is 0 Å². The SMILES string of the molecule is CCN(Cc1ccccc1CN)c1ccc(Br)c(C)n1. The molecule has 0 aliphatic carbocycles. The first-order valence-corrected chi connectivity index (χ1v) is 7.60. The van der Waals surface area contributed by atoms with E-state index in [4.69, 9.17) is 5.73 Å². The standard InChI is InChI=1S/C16H20BrN3/c1-3-20(16-9-8-15(17)12(2)19-16)11-14-7-5-4-6-13(14)10-18/h4-9H,3,10-11,18H2,1-2H3. The van der Waals surface area contributed by atoms with Crippen LogP contribution in [0.3, 0.4) is 0 Å². The third kappa shape index (κ3) is 3.38. The van der Waals surface area contributed by atoms with Crippen molar-refractivity contribution in [3.63, 3.8) is 0 Å². The molecule has 2 aromatic rings. The number of rotatable bonds is 5. The first-order chi connectivity index (χ1) is 9.65. The van der Waals surface area contributed by atoms with Gasteiger partial charge in [-0.05, 0) is 53.0 Å². The van der Waals surface area contributed by atoms with Gasteiger partial charge >= 0.3 is 0 Å². The van der Waals surface area contributed by atoms with E-state index in [9.17, 15) is 0 Å². The summed E-state index contributed by atoms with van der Waals surface area (Å²) in [4.78, 5) is 6.90. The molecule has 0 spiro atoms. The second-order valence-corrected chi connectivity index (χ2v) is 5.58. The van der Waals surface area contributed by atoms with E-state index in [2.05, 4.69) is 57.0 Å². The molecule has 0 fully saturated rings. The molecule has 1 aromatic heterocycles. The minimum Gasteiger partial charge on any atom is -0.353 e. The van der Waals surface area contributed by atoms with Crippen LogP contribution in [0.1, 0.15) is 23.7 Å². The first-order valence-electron chi connectivity index (χ1n) is 6.80. The summed E-state index contributed by atoms with van der Waals surface area (Å²) in [5.74, 6) is 1.00. The van der Waals surface area contributed by atoms with Crippen LogP contribution in [0.15, 0.2) is 40.9 Å². The summed E-state index contributed by atoms with van der Waals surface area (Å²) in [6.07, 6.45) is 0. The second kappa shape index (κ2) is 6.86. The maximum absolute atomic E-state index is 5.81. The van der Waals surface area contributed by atoms with Crippen molar-refractivity contribution in [2.24, 2.45) is 5.73 Å². The molecule has 20 heavy (non-hydrogen) atoms. The Balaban J connectivity index is 2.26. The summed E-state index contributed by atoms with van der Waals surface area (Å²) in [5, 5.41) is 0. The van der Waals surface area contributed by atoms with E-state index < -0.39 is 0 Å². The monoisotopic (exact) mass is 333 g/mol. The molecule has 0 unspecified atom stereocenters. The van der Waals surface area contributed by atoms with Crippen LogP contribution in [0.2, 0.25) is 0 Å². The number of aromatic nitrogens is 1. The van der Waals surface area contributed by atoms with Crippen molar-refractivity contribution >= 4 is 21.7 Å². The van der Waals surface area contributed by atoms with Crippen LogP contribution in [-0.4, -0.2) is 11.5 Å². The number of nitrogens with two attached hydrogens (primary N) is 1. The van der Waals surface area contributed by atoms with E-state index in [0.29, 0.717) is 6.54 Å². The van der Waals surface area contributed by atoms with Gasteiger partial charge in [-0.2, -0.15) is 0 Å². The number of hydrogen-bond acceptors (Lipinski definition) is 3. The highest BCUT2D eigenvalue weighted by Crippen LogP contribution is 2.21. The highest BCUT2D eigenvalue weighted by molar-refractivity contribution is 9.10. The van der Waals surface area contributed by atoms with Gasteiger partial charge in [0.05, 0.1) is 5.69 Å². The van der Waals surface area contributed by atoms with Crippen LogP contribution in [0, 0.1) is 6.92 Å². The van der Waals surface area contributed by atoms with Crippen LogP contribution in [0.5, 0.6) is 0 Å². The van der Waals surface area contributed by atoms with Crippen molar-refractivity contribution in [1.29, 1.82) is 0 Å². The highest BCUT2D eigenvalue weighted by Gasteiger charge is 2.10. The number of halogens is 1. The summed E-state index contributed by atoms with van der Waals surface area (Å²) in [7, 11) is 0. The molecule has 0 saturated carbocycles.